The number of carbonyl (C=O) groups excluding carboxylic acids is 1. The summed E-state index contributed by atoms with van der Waals surface area (Å²) in [5, 5.41) is 8.23. The lowest BCUT2D eigenvalue weighted by molar-refractivity contribution is -0.116. The van der Waals surface area contributed by atoms with Gasteiger partial charge in [-0.25, -0.2) is 0 Å². The van der Waals surface area contributed by atoms with E-state index in [-0.39, 0.29) is 5.91 Å². The molecule has 0 radical (unpaired) electrons. The quantitative estimate of drug-likeness (QED) is 0.524. The van der Waals surface area contributed by atoms with E-state index in [0.717, 1.165) is 86.0 Å². The van der Waals surface area contributed by atoms with Crippen molar-refractivity contribution in [3.05, 3.63) is 42.0 Å². The van der Waals surface area contributed by atoms with Crippen molar-refractivity contribution < 1.29 is 18.8 Å². The number of hydrogen-bond donors (Lipinski definition) is 1. The van der Waals surface area contributed by atoms with Gasteiger partial charge >= 0.3 is 0 Å². The number of nitrogens with one attached hydrogen (secondary N) is 1. The number of ether oxygens (including phenoxy) is 2. The van der Waals surface area contributed by atoms with Crippen LogP contribution in [-0.2, 0) is 11.2 Å². The molecule has 0 unspecified atom stereocenters. The van der Waals surface area contributed by atoms with Crippen LogP contribution in [0, 0.1) is 0 Å². The number of methoxy groups -OCH3 is 1. The summed E-state index contributed by atoms with van der Waals surface area (Å²) in [6.45, 7) is 5.60. The number of nitrogens with zero attached hydrogens (tertiary/aromatic N) is 3. The highest BCUT2D eigenvalue weighted by atomic mass is 16.5. The molecule has 2 aromatic carbocycles. The second-order valence-corrected chi connectivity index (χ2v) is 8.62. The minimum absolute atomic E-state index is 0.0798. The number of aryl methyl sites for hydroxylation is 1. The lowest BCUT2D eigenvalue weighted by Crippen LogP contribution is -2.46. The Labute approximate surface area is 193 Å². The first kappa shape index (κ1) is 21.6. The molecule has 2 aliphatic heterocycles. The van der Waals surface area contributed by atoms with E-state index in [9.17, 15) is 4.79 Å². The second kappa shape index (κ2) is 9.70. The molecule has 33 heavy (non-hydrogen) atoms. The number of hydrogen-bond acceptors (Lipinski definition) is 7. The minimum Gasteiger partial charge on any atom is -0.497 e. The molecule has 5 rings (SSSR count). The third-order valence-corrected chi connectivity index (χ3v) is 6.44. The maximum Gasteiger partial charge on any atom is 0.224 e. The normalized spacial score (nSPS) is 16.5. The van der Waals surface area contributed by atoms with E-state index in [1.54, 1.807) is 7.11 Å². The SMILES string of the molecule is COc1ccc2onc(N3CCN(CCCCOc4ccc5c(c4)NC(=O)CC5)CC3)c2c1. The lowest BCUT2D eigenvalue weighted by atomic mass is 10.0. The number of rotatable bonds is 8. The topological polar surface area (TPSA) is 80.1 Å². The van der Waals surface area contributed by atoms with Gasteiger partial charge in [0.1, 0.15) is 11.5 Å². The average molecular weight is 451 g/mol. The van der Waals surface area contributed by atoms with E-state index in [0.29, 0.717) is 13.0 Å². The molecule has 8 nitrogen and oxygen atoms in total. The molecule has 1 aromatic heterocycles. The van der Waals surface area contributed by atoms with Crippen molar-refractivity contribution in [1.82, 2.24) is 10.1 Å². The molecular formula is C25H30N4O4. The summed E-state index contributed by atoms with van der Waals surface area (Å²) in [5.74, 6) is 2.61. The van der Waals surface area contributed by atoms with E-state index < -0.39 is 0 Å². The molecule has 3 aromatic rings. The number of carbonyl (C=O) groups is 1. The first-order chi connectivity index (χ1) is 16.2. The Morgan fingerprint density at radius 2 is 1.88 bits per heavy atom. The lowest BCUT2D eigenvalue weighted by Gasteiger charge is -2.34. The van der Waals surface area contributed by atoms with E-state index in [1.807, 2.05) is 30.3 Å². The predicted octanol–water partition coefficient (Wildman–Crippen LogP) is 3.70. The van der Waals surface area contributed by atoms with Gasteiger partial charge in [-0.1, -0.05) is 11.2 Å². The van der Waals surface area contributed by atoms with Crippen LogP contribution in [0.15, 0.2) is 40.9 Å². The van der Waals surface area contributed by atoms with E-state index >= 15 is 0 Å². The van der Waals surface area contributed by atoms with Gasteiger partial charge in [-0.3, -0.25) is 9.69 Å². The monoisotopic (exact) mass is 450 g/mol. The fourth-order valence-electron chi connectivity index (χ4n) is 4.51. The van der Waals surface area contributed by atoms with Crippen LogP contribution in [0.5, 0.6) is 11.5 Å². The fourth-order valence-corrected chi connectivity index (χ4v) is 4.51. The van der Waals surface area contributed by atoms with Gasteiger partial charge in [-0.15, -0.1) is 0 Å². The van der Waals surface area contributed by atoms with E-state index in [4.69, 9.17) is 14.0 Å². The van der Waals surface area contributed by atoms with Gasteiger partial charge in [0.25, 0.3) is 0 Å². The Morgan fingerprint density at radius 1 is 1.03 bits per heavy atom. The van der Waals surface area contributed by atoms with Gasteiger partial charge in [-0.05, 0) is 55.6 Å². The molecule has 0 atom stereocenters. The largest absolute Gasteiger partial charge is 0.497 e. The van der Waals surface area contributed by atoms with Gasteiger partial charge in [0.15, 0.2) is 11.4 Å². The number of fused-ring (bicyclic) bond motifs is 2. The van der Waals surface area contributed by atoms with Crippen LogP contribution in [0.25, 0.3) is 11.0 Å². The maximum absolute atomic E-state index is 11.6. The standard InChI is InChI=1S/C25H30N4O4/c1-31-19-7-8-23-21(16-19)25(27-33-23)29-13-11-28(12-14-29)10-2-3-15-32-20-6-4-18-5-9-24(30)26-22(18)17-20/h4,6-8,16-17H,2-3,5,9-15H2,1H3,(H,26,30). The van der Waals surface area contributed by atoms with Gasteiger partial charge in [-0.2, -0.15) is 0 Å². The first-order valence-corrected chi connectivity index (χ1v) is 11.7. The molecule has 1 fully saturated rings. The number of benzene rings is 2. The van der Waals surface area contributed by atoms with E-state index in [2.05, 4.69) is 26.3 Å². The highest BCUT2D eigenvalue weighted by Gasteiger charge is 2.22. The molecule has 0 spiro atoms. The first-order valence-electron chi connectivity index (χ1n) is 11.7. The van der Waals surface area contributed by atoms with Crippen molar-refractivity contribution in [3.8, 4) is 11.5 Å². The molecule has 2 aliphatic rings. The molecule has 1 N–H and O–H groups in total. The second-order valence-electron chi connectivity index (χ2n) is 8.62. The van der Waals surface area contributed by atoms with Crippen LogP contribution in [0.4, 0.5) is 11.5 Å². The van der Waals surface area contributed by atoms with Gasteiger partial charge < -0.3 is 24.2 Å². The van der Waals surface area contributed by atoms with Gasteiger partial charge in [0, 0.05) is 44.4 Å². The predicted molar refractivity (Wildman–Crippen MR) is 127 cm³/mol. The van der Waals surface area contributed by atoms with Crippen LogP contribution < -0.4 is 19.7 Å². The summed E-state index contributed by atoms with van der Waals surface area (Å²) in [5.41, 5.74) is 2.85. The summed E-state index contributed by atoms with van der Waals surface area (Å²) in [6.07, 6.45) is 3.45. The zero-order valence-corrected chi connectivity index (χ0v) is 19.0. The smallest absolute Gasteiger partial charge is 0.224 e. The van der Waals surface area contributed by atoms with Gasteiger partial charge in [0.05, 0.1) is 19.1 Å². The molecule has 1 amide bonds. The van der Waals surface area contributed by atoms with E-state index in [1.165, 1.54) is 5.56 Å². The summed E-state index contributed by atoms with van der Waals surface area (Å²) in [4.78, 5) is 16.4. The van der Waals surface area contributed by atoms with Crippen molar-refractivity contribution in [1.29, 1.82) is 0 Å². The minimum atomic E-state index is 0.0798. The summed E-state index contributed by atoms with van der Waals surface area (Å²) in [6, 6.07) is 11.8. The van der Waals surface area contributed by atoms with Crippen LogP contribution >= 0.6 is 0 Å². The molecule has 174 valence electrons. The number of aromatic nitrogens is 1. The summed E-state index contributed by atoms with van der Waals surface area (Å²) >= 11 is 0. The number of piperazine rings is 1. The number of unbranched alkanes of at least 4 members (excludes halogenated alkanes) is 1. The highest BCUT2D eigenvalue weighted by molar-refractivity contribution is 5.94. The molecule has 0 bridgehead atoms. The van der Waals surface area contributed by atoms with Crippen LogP contribution in [-0.4, -0.2) is 62.4 Å². The Balaban J connectivity index is 1.04. The zero-order chi connectivity index (χ0) is 22.6. The highest BCUT2D eigenvalue weighted by Crippen LogP contribution is 2.30. The molecule has 1 saturated heterocycles. The summed E-state index contributed by atoms with van der Waals surface area (Å²) < 4.78 is 16.8. The Bertz CT molecular complexity index is 1120. The molecular weight excluding hydrogens is 420 g/mol. The van der Waals surface area contributed by atoms with Crippen molar-refractivity contribution >= 4 is 28.4 Å². The van der Waals surface area contributed by atoms with Crippen LogP contribution in [0.1, 0.15) is 24.8 Å². The summed E-state index contributed by atoms with van der Waals surface area (Å²) in [7, 11) is 1.67. The van der Waals surface area contributed by atoms with Crippen molar-refractivity contribution in [2.24, 2.45) is 0 Å². The Morgan fingerprint density at radius 3 is 2.73 bits per heavy atom. The molecule has 3 heterocycles. The third-order valence-electron chi connectivity index (χ3n) is 6.44. The Hall–Kier alpha value is -3.26. The third kappa shape index (κ3) is 4.90. The molecule has 0 saturated carbocycles. The van der Waals surface area contributed by atoms with Crippen LogP contribution in [0.2, 0.25) is 0 Å². The van der Waals surface area contributed by atoms with Crippen LogP contribution in [0.3, 0.4) is 0 Å². The Kier molecular flexibility index (Phi) is 6.35. The number of anilines is 2. The average Bonchev–Trinajstić information content (AvgIpc) is 3.27. The van der Waals surface area contributed by atoms with Gasteiger partial charge in [0.2, 0.25) is 5.91 Å². The fraction of sp³-hybridized carbons (Fsp3) is 0.440. The van der Waals surface area contributed by atoms with Crippen molar-refractivity contribution in [3.63, 3.8) is 0 Å². The number of amides is 1. The maximum atomic E-state index is 11.6. The van der Waals surface area contributed by atoms with Crippen molar-refractivity contribution in [2.45, 2.75) is 25.7 Å². The van der Waals surface area contributed by atoms with Crippen molar-refractivity contribution in [2.75, 3.05) is 56.7 Å². The molecule has 8 heteroatoms. The molecule has 0 aliphatic carbocycles. The zero-order valence-electron chi connectivity index (χ0n) is 19.0.